The number of hydrogen-bond donors (Lipinski definition) is 1. The molecule has 0 fully saturated rings. The van der Waals surface area contributed by atoms with Crippen molar-refractivity contribution < 1.29 is 9.47 Å². The highest BCUT2D eigenvalue weighted by Crippen LogP contribution is 2.34. The standard InChI is InChI=1S/C20H20N4O2S/c21-20-23-15-7-9-24(11-18(15)27-20)10-13-3-5-14(6-4-13)17-12-25-16-2-1-8-22-19(16)26-17/h1-6,8,17H,7,9-12H2,(H2,21,23)/t17-/m1/s1. The molecule has 3 aromatic rings. The predicted molar refractivity (Wildman–Crippen MR) is 104 cm³/mol. The van der Waals surface area contributed by atoms with Crippen molar-refractivity contribution >= 4 is 16.5 Å². The van der Waals surface area contributed by atoms with Crippen molar-refractivity contribution in [1.29, 1.82) is 0 Å². The van der Waals surface area contributed by atoms with Crippen molar-refractivity contribution in [3.8, 4) is 11.6 Å². The number of benzene rings is 1. The molecule has 2 aromatic heterocycles. The summed E-state index contributed by atoms with van der Waals surface area (Å²) in [6, 6.07) is 12.3. The van der Waals surface area contributed by atoms with Gasteiger partial charge < -0.3 is 15.2 Å². The number of ether oxygens (including phenoxy) is 2. The number of aromatic nitrogens is 2. The van der Waals surface area contributed by atoms with Crippen molar-refractivity contribution in [3.05, 3.63) is 64.3 Å². The molecular weight excluding hydrogens is 360 g/mol. The zero-order chi connectivity index (χ0) is 18.2. The van der Waals surface area contributed by atoms with Gasteiger partial charge in [0.2, 0.25) is 0 Å². The number of nitrogens with two attached hydrogens (primary N) is 1. The van der Waals surface area contributed by atoms with Crippen molar-refractivity contribution in [2.45, 2.75) is 25.6 Å². The van der Waals surface area contributed by atoms with E-state index in [-0.39, 0.29) is 6.10 Å². The predicted octanol–water partition coefficient (Wildman–Crippen LogP) is 3.19. The van der Waals surface area contributed by atoms with Gasteiger partial charge in [-0.25, -0.2) is 9.97 Å². The fourth-order valence-electron chi connectivity index (χ4n) is 3.57. The lowest BCUT2D eigenvalue weighted by Gasteiger charge is -2.27. The number of nitrogens with zero attached hydrogens (tertiary/aromatic N) is 3. The summed E-state index contributed by atoms with van der Waals surface area (Å²) in [5.74, 6) is 1.27. The Balaban J connectivity index is 1.25. The van der Waals surface area contributed by atoms with Gasteiger partial charge in [-0.15, -0.1) is 11.3 Å². The van der Waals surface area contributed by atoms with E-state index >= 15 is 0 Å². The van der Waals surface area contributed by atoms with Crippen LogP contribution in [0.15, 0.2) is 42.6 Å². The first-order chi connectivity index (χ1) is 13.2. The quantitative estimate of drug-likeness (QED) is 0.752. The monoisotopic (exact) mass is 380 g/mol. The molecule has 0 saturated heterocycles. The Morgan fingerprint density at radius 1 is 1.22 bits per heavy atom. The molecule has 138 valence electrons. The van der Waals surface area contributed by atoms with Crippen LogP contribution in [0.1, 0.15) is 27.8 Å². The molecule has 0 saturated carbocycles. The van der Waals surface area contributed by atoms with Crippen LogP contribution in [0.4, 0.5) is 5.13 Å². The summed E-state index contributed by atoms with van der Waals surface area (Å²) >= 11 is 1.61. The minimum absolute atomic E-state index is 0.126. The van der Waals surface area contributed by atoms with Gasteiger partial charge in [0.15, 0.2) is 17.0 Å². The Labute approximate surface area is 161 Å². The number of anilines is 1. The Bertz CT molecular complexity index is 957. The van der Waals surface area contributed by atoms with E-state index in [0.29, 0.717) is 23.4 Å². The second-order valence-corrected chi connectivity index (χ2v) is 7.96. The Hall–Kier alpha value is -2.64. The first-order valence-electron chi connectivity index (χ1n) is 9.04. The van der Waals surface area contributed by atoms with E-state index in [1.807, 2.05) is 12.1 Å². The van der Waals surface area contributed by atoms with E-state index in [2.05, 4.69) is 39.1 Å². The maximum Gasteiger partial charge on any atom is 0.257 e. The molecule has 0 unspecified atom stereocenters. The van der Waals surface area contributed by atoms with E-state index in [9.17, 15) is 0 Å². The number of nitrogen functional groups attached to an aromatic ring is 1. The zero-order valence-electron chi connectivity index (χ0n) is 14.8. The molecule has 0 radical (unpaired) electrons. The highest BCUT2D eigenvalue weighted by Gasteiger charge is 2.24. The van der Waals surface area contributed by atoms with Gasteiger partial charge in [-0.1, -0.05) is 24.3 Å². The maximum absolute atomic E-state index is 5.99. The van der Waals surface area contributed by atoms with Gasteiger partial charge in [-0.05, 0) is 23.3 Å². The summed E-state index contributed by atoms with van der Waals surface area (Å²) in [5.41, 5.74) is 9.40. The third kappa shape index (κ3) is 3.36. The smallest absolute Gasteiger partial charge is 0.257 e. The number of thiazole rings is 1. The van der Waals surface area contributed by atoms with Crippen LogP contribution in [-0.2, 0) is 19.5 Å². The molecule has 4 heterocycles. The number of hydrogen-bond acceptors (Lipinski definition) is 7. The van der Waals surface area contributed by atoms with Gasteiger partial charge in [0.1, 0.15) is 6.61 Å². The first-order valence-corrected chi connectivity index (χ1v) is 9.86. The molecule has 0 amide bonds. The summed E-state index contributed by atoms with van der Waals surface area (Å²) in [6.45, 7) is 3.36. The molecule has 27 heavy (non-hydrogen) atoms. The maximum atomic E-state index is 5.99. The van der Waals surface area contributed by atoms with Crippen LogP contribution in [0.3, 0.4) is 0 Å². The van der Waals surface area contributed by atoms with Crippen LogP contribution in [0.5, 0.6) is 11.6 Å². The lowest BCUT2D eigenvalue weighted by atomic mass is 10.1. The van der Waals surface area contributed by atoms with Gasteiger partial charge in [0.05, 0.1) is 5.69 Å². The molecule has 7 heteroatoms. The van der Waals surface area contributed by atoms with E-state index < -0.39 is 0 Å². The van der Waals surface area contributed by atoms with E-state index in [1.54, 1.807) is 17.5 Å². The number of pyridine rings is 1. The largest absolute Gasteiger partial charge is 0.484 e. The van der Waals surface area contributed by atoms with Crippen LogP contribution < -0.4 is 15.2 Å². The SMILES string of the molecule is Nc1nc2c(s1)CN(Cc1ccc([C@H]3COc4cccnc4O3)cc1)CC2. The lowest BCUT2D eigenvalue weighted by molar-refractivity contribution is 0.0851. The molecule has 2 aliphatic heterocycles. The summed E-state index contributed by atoms with van der Waals surface area (Å²) in [7, 11) is 0. The summed E-state index contributed by atoms with van der Waals surface area (Å²) < 4.78 is 11.8. The van der Waals surface area contributed by atoms with Crippen LogP contribution >= 0.6 is 11.3 Å². The average molecular weight is 380 g/mol. The van der Waals surface area contributed by atoms with Crippen LogP contribution in [-0.4, -0.2) is 28.0 Å². The zero-order valence-corrected chi connectivity index (χ0v) is 15.6. The Morgan fingerprint density at radius 3 is 3.00 bits per heavy atom. The summed E-state index contributed by atoms with van der Waals surface area (Å²) in [5, 5.41) is 0.678. The molecule has 6 nitrogen and oxygen atoms in total. The summed E-state index contributed by atoms with van der Waals surface area (Å²) in [6.07, 6.45) is 2.56. The number of fused-ring (bicyclic) bond motifs is 2. The first kappa shape index (κ1) is 16.5. The normalized spacial score (nSPS) is 18.9. The van der Waals surface area contributed by atoms with Crippen LogP contribution in [0, 0.1) is 0 Å². The molecule has 0 spiro atoms. The number of rotatable bonds is 3. The van der Waals surface area contributed by atoms with E-state index in [0.717, 1.165) is 31.6 Å². The molecule has 2 aliphatic rings. The van der Waals surface area contributed by atoms with Gasteiger partial charge in [0.25, 0.3) is 5.88 Å². The molecule has 2 N–H and O–H groups in total. The Kier molecular flexibility index (Phi) is 4.18. The van der Waals surface area contributed by atoms with Gasteiger partial charge in [-0.3, -0.25) is 4.90 Å². The second kappa shape index (κ2) is 6.83. The fraction of sp³-hybridized carbons (Fsp3) is 0.300. The third-order valence-electron chi connectivity index (χ3n) is 4.96. The van der Waals surface area contributed by atoms with Gasteiger partial charge >= 0.3 is 0 Å². The van der Waals surface area contributed by atoms with Crippen molar-refractivity contribution in [1.82, 2.24) is 14.9 Å². The molecule has 0 aliphatic carbocycles. The molecular formula is C20H20N4O2S. The van der Waals surface area contributed by atoms with Crippen molar-refractivity contribution in [3.63, 3.8) is 0 Å². The summed E-state index contributed by atoms with van der Waals surface area (Å²) in [4.78, 5) is 12.4. The minimum Gasteiger partial charge on any atom is -0.484 e. The minimum atomic E-state index is -0.126. The lowest BCUT2D eigenvalue weighted by Crippen LogP contribution is -2.29. The third-order valence-corrected chi connectivity index (χ3v) is 5.88. The highest BCUT2D eigenvalue weighted by molar-refractivity contribution is 7.15. The highest BCUT2D eigenvalue weighted by atomic mass is 32.1. The fourth-order valence-corrected chi connectivity index (χ4v) is 4.49. The van der Waals surface area contributed by atoms with Crippen molar-refractivity contribution in [2.24, 2.45) is 0 Å². The molecule has 1 atom stereocenters. The molecule has 1 aromatic carbocycles. The second-order valence-electron chi connectivity index (χ2n) is 6.85. The Morgan fingerprint density at radius 2 is 2.11 bits per heavy atom. The molecule has 0 bridgehead atoms. The van der Waals surface area contributed by atoms with Crippen LogP contribution in [0.2, 0.25) is 0 Å². The van der Waals surface area contributed by atoms with Gasteiger partial charge in [-0.2, -0.15) is 0 Å². The average Bonchev–Trinajstić information content (AvgIpc) is 3.07. The van der Waals surface area contributed by atoms with E-state index in [4.69, 9.17) is 15.2 Å². The van der Waals surface area contributed by atoms with Crippen LogP contribution in [0.25, 0.3) is 0 Å². The van der Waals surface area contributed by atoms with Crippen molar-refractivity contribution in [2.75, 3.05) is 18.9 Å². The van der Waals surface area contributed by atoms with Gasteiger partial charge in [0, 0.05) is 37.1 Å². The topological polar surface area (TPSA) is 73.5 Å². The molecule has 5 rings (SSSR count). The van der Waals surface area contributed by atoms with E-state index in [1.165, 1.54) is 16.1 Å².